The molecule has 1 aromatic carbocycles. The Hall–Kier alpha value is -1.69. The summed E-state index contributed by atoms with van der Waals surface area (Å²) in [6, 6.07) is 8.09. The minimum Gasteiger partial charge on any atom is -0.382 e. The number of rotatable bonds is 4. The van der Waals surface area contributed by atoms with Crippen LogP contribution < -0.4 is 10.2 Å². The summed E-state index contributed by atoms with van der Waals surface area (Å²) in [6.07, 6.45) is 3.79. The zero-order valence-electron chi connectivity index (χ0n) is 10.4. The smallest absolute Gasteiger partial charge is 0.0992 e. The molecule has 0 saturated heterocycles. The van der Waals surface area contributed by atoms with Crippen molar-refractivity contribution in [3.63, 3.8) is 0 Å². The Morgan fingerprint density at radius 3 is 3.06 bits per heavy atom. The Bertz CT molecular complexity index is 420. The first kappa shape index (κ1) is 11.8. The van der Waals surface area contributed by atoms with Gasteiger partial charge < -0.3 is 10.2 Å². The first-order valence-electron chi connectivity index (χ1n) is 6.38. The Balaban J connectivity index is 2.12. The van der Waals surface area contributed by atoms with Crippen LogP contribution in [0.3, 0.4) is 0 Å². The fraction of sp³-hybridized carbons (Fsp3) is 0.500. The van der Waals surface area contributed by atoms with Crippen molar-refractivity contribution in [2.45, 2.75) is 26.2 Å². The van der Waals surface area contributed by atoms with Crippen molar-refractivity contribution < 1.29 is 0 Å². The first-order valence-corrected chi connectivity index (χ1v) is 6.38. The van der Waals surface area contributed by atoms with E-state index in [0.29, 0.717) is 0 Å². The molecule has 0 atom stereocenters. The maximum atomic E-state index is 8.89. The molecule has 17 heavy (non-hydrogen) atoms. The molecule has 0 spiro atoms. The van der Waals surface area contributed by atoms with E-state index in [-0.39, 0.29) is 0 Å². The van der Waals surface area contributed by atoms with Gasteiger partial charge in [0.25, 0.3) is 0 Å². The topological polar surface area (TPSA) is 39.1 Å². The Morgan fingerprint density at radius 1 is 1.41 bits per heavy atom. The number of hydrogen-bond acceptors (Lipinski definition) is 3. The number of nitriles is 1. The number of fused-ring (bicyclic) bond motifs is 1. The highest BCUT2D eigenvalue weighted by atomic mass is 15.2. The molecule has 0 bridgehead atoms. The summed E-state index contributed by atoms with van der Waals surface area (Å²) < 4.78 is 0. The van der Waals surface area contributed by atoms with E-state index in [0.717, 1.165) is 30.9 Å². The van der Waals surface area contributed by atoms with Crippen molar-refractivity contribution in [2.75, 3.05) is 29.9 Å². The quantitative estimate of drug-likeness (QED) is 0.807. The van der Waals surface area contributed by atoms with Gasteiger partial charge in [-0.3, -0.25) is 0 Å². The monoisotopic (exact) mass is 229 g/mol. The van der Waals surface area contributed by atoms with Crippen molar-refractivity contribution >= 4 is 11.4 Å². The third-order valence-electron chi connectivity index (χ3n) is 3.20. The minimum absolute atomic E-state index is 0.728. The van der Waals surface area contributed by atoms with Gasteiger partial charge in [-0.2, -0.15) is 5.26 Å². The molecule has 0 amide bonds. The molecule has 1 heterocycles. The lowest BCUT2D eigenvalue weighted by Crippen LogP contribution is -2.34. The Morgan fingerprint density at radius 2 is 2.29 bits per heavy atom. The van der Waals surface area contributed by atoms with Crippen LogP contribution in [-0.4, -0.2) is 19.6 Å². The summed E-state index contributed by atoms with van der Waals surface area (Å²) >= 11 is 0. The molecule has 0 fully saturated rings. The lowest BCUT2D eigenvalue weighted by molar-refractivity contribution is 0.674. The normalized spacial score (nSPS) is 13.8. The zero-order chi connectivity index (χ0) is 12.1. The summed E-state index contributed by atoms with van der Waals surface area (Å²) in [4.78, 5) is 2.42. The van der Waals surface area contributed by atoms with Crippen molar-refractivity contribution in [2.24, 2.45) is 0 Å². The molecule has 0 aromatic heterocycles. The highest BCUT2D eigenvalue weighted by molar-refractivity contribution is 5.73. The summed E-state index contributed by atoms with van der Waals surface area (Å²) in [5.74, 6) is 0. The Labute approximate surface area is 103 Å². The van der Waals surface area contributed by atoms with E-state index in [1.54, 1.807) is 0 Å². The number of nitrogens with zero attached hydrogens (tertiary/aromatic N) is 2. The predicted molar refractivity (Wildman–Crippen MR) is 71.4 cm³/mol. The predicted octanol–water partition coefficient (Wildman–Crippen LogP) is 2.98. The van der Waals surface area contributed by atoms with Gasteiger partial charge in [-0.25, -0.2) is 0 Å². The maximum Gasteiger partial charge on any atom is 0.0992 e. The van der Waals surface area contributed by atoms with Crippen LogP contribution in [-0.2, 0) is 0 Å². The van der Waals surface area contributed by atoms with E-state index in [9.17, 15) is 0 Å². The molecule has 90 valence electrons. The Kier molecular flexibility index (Phi) is 3.87. The summed E-state index contributed by atoms with van der Waals surface area (Å²) in [5.41, 5.74) is 3.07. The number of hydrogen-bond donors (Lipinski definition) is 1. The maximum absolute atomic E-state index is 8.89. The number of unbranched alkanes of at least 4 members (excludes halogenated alkanes) is 2. The van der Waals surface area contributed by atoms with Crippen LogP contribution in [0.15, 0.2) is 18.2 Å². The van der Waals surface area contributed by atoms with Crippen molar-refractivity contribution in [3.8, 4) is 6.07 Å². The van der Waals surface area contributed by atoms with Crippen LogP contribution >= 0.6 is 0 Å². The number of benzene rings is 1. The third kappa shape index (κ3) is 2.71. The van der Waals surface area contributed by atoms with Gasteiger partial charge in [-0.05, 0) is 24.6 Å². The van der Waals surface area contributed by atoms with Crippen LogP contribution in [0.5, 0.6) is 0 Å². The second-order valence-corrected chi connectivity index (χ2v) is 4.46. The van der Waals surface area contributed by atoms with E-state index < -0.39 is 0 Å². The number of nitrogens with one attached hydrogen (secondary N) is 1. The van der Waals surface area contributed by atoms with E-state index in [1.165, 1.54) is 24.9 Å². The van der Waals surface area contributed by atoms with Gasteiger partial charge in [0.05, 0.1) is 23.0 Å². The van der Waals surface area contributed by atoms with Crippen LogP contribution in [0, 0.1) is 11.3 Å². The SMILES string of the molecule is CCCCCN1CCNc2cc(C#N)ccc21. The molecule has 3 nitrogen and oxygen atoms in total. The van der Waals surface area contributed by atoms with Gasteiger partial charge in [0.2, 0.25) is 0 Å². The molecule has 1 aliphatic rings. The molecule has 1 aromatic rings. The zero-order valence-corrected chi connectivity index (χ0v) is 10.4. The van der Waals surface area contributed by atoms with Gasteiger partial charge in [-0.15, -0.1) is 0 Å². The average Bonchev–Trinajstić information content (AvgIpc) is 2.38. The lowest BCUT2D eigenvalue weighted by atomic mass is 10.1. The average molecular weight is 229 g/mol. The molecule has 0 unspecified atom stereocenters. The molecule has 2 rings (SSSR count). The summed E-state index contributed by atoms with van der Waals surface area (Å²) in [6.45, 7) is 5.37. The number of anilines is 2. The van der Waals surface area contributed by atoms with E-state index in [4.69, 9.17) is 5.26 Å². The van der Waals surface area contributed by atoms with E-state index in [2.05, 4.69) is 29.3 Å². The fourth-order valence-corrected chi connectivity index (χ4v) is 2.25. The highest BCUT2D eigenvalue weighted by Gasteiger charge is 2.15. The lowest BCUT2D eigenvalue weighted by Gasteiger charge is -2.32. The van der Waals surface area contributed by atoms with Crippen molar-refractivity contribution in [1.82, 2.24) is 0 Å². The fourth-order valence-electron chi connectivity index (χ4n) is 2.25. The molecule has 1 aliphatic heterocycles. The summed E-state index contributed by atoms with van der Waals surface area (Å²) in [7, 11) is 0. The van der Waals surface area contributed by atoms with Crippen LogP contribution in [0.2, 0.25) is 0 Å². The molecule has 3 heteroatoms. The second kappa shape index (κ2) is 5.58. The van der Waals surface area contributed by atoms with Gasteiger partial charge in [0, 0.05) is 19.6 Å². The molecule has 0 saturated carbocycles. The first-order chi connectivity index (χ1) is 8.35. The van der Waals surface area contributed by atoms with E-state index >= 15 is 0 Å². The van der Waals surface area contributed by atoms with Crippen LogP contribution in [0.25, 0.3) is 0 Å². The molecular weight excluding hydrogens is 210 g/mol. The van der Waals surface area contributed by atoms with Crippen LogP contribution in [0.1, 0.15) is 31.7 Å². The van der Waals surface area contributed by atoms with Gasteiger partial charge in [-0.1, -0.05) is 19.8 Å². The van der Waals surface area contributed by atoms with Crippen molar-refractivity contribution in [1.29, 1.82) is 5.26 Å². The molecule has 0 aliphatic carbocycles. The summed E-state index contributed by atoms with van der Waals surface area (Å²) in [5, 5.41) is 12.3. The molecule has 0 radical (unpaired) electrons. The van der Waals surface area contributed by atoms with Crippen LogP contribution in [0.4, 0.5) is 11.4 Å². The molecular formula is C14H19N3. The van der Waals surface area contributed by atoms with Crippen molar-refractivity contribution in [3.05, 3.63) is 23.8 Å². The van der Waals surface area contributed by atoms with Gasteiger partial charge in [0.15, 0.2) is 0 Å². The highest BCUT2D eigenvalue weighted by Crippen LogP contribution is 2.29. The standard InChI is InChI=1S/C14H19N3/c1-2-3-4-8-17-9-7-16-13-10-12(11-15)5-6-14(13)17/h5-6,10,16H,2-4,7-9H2,1H3. The third-order valence-corrected chi connectivity index (χ3v) is 3.20. The van der Waals surface area contributed by atoms with Gasteiger partial charge in [0.1, 0.15) is 0 Å². The minimum atomic E-state index is 0.728. The second-order valence-electron chi connectivity index (χ2n) is 4.46. The largest absolute Gasteiger partial charge is 0.382 e. The van der Waals surface area contributed by atoms with Gasteiger partial charge >= 0.3 is 0 Å². The van der Waals surface area contributed by atoms with E-state index in [1.807, 2.05) is 12.1 Å². The molecule has 1 N–H and O–H groups in total.